The average Bonchev–Trinajstić information content (AvgIpc) is 2.44. The Morgan fingerprint density at radius 2 is 2.05 bits per heavy atom. The molecule has 2 aromatic rings. The predicted molar refractivity (Wildman–Crippen MR) is 80.0 cm³/mol. The van der Waals surface area contributed by atoms with Gasteiger partial charge in [0.1, 0.15) is 5.75 Å². The molecular formula is C14H12BrFN2O3. The smallest absolute Gasteiger partial charge is 0.273 e. The molecule has 5 nitrogen and oxygen atoms in total. The lowest BCUT2D eigenvalue weighted by atomic mass is 10.2. The Bertz CT molecular complexity index is 679. The van der Waals surface area contributed by atoms with Gasteiger partial charge < -0.3 is 10.1 Å². The number of nitrogens with one attached hydrogen (secondary N) is 1. The molecule has 0 bridgehead atoms. The van der Waals surface area contributed by atoms with Crippen molar-refractivity contribution in [2.45, 2.75) is 6.54 Å². The van der Waals surface area contributed by atoms with Crippen molar-refractivity contribution in [2.24, 2.45) is 0 Å². The first-order chi connectivity index (χ1) is 10.0. The maximum absolute atomic E-state index is 13.9. The maximum atomic E-state index is 13.9. The zero-order valence-electron chi connectivity index (χ0n) is 11.1. The SMILES string of the molecule is CNCc1ccc(Oc2cc([N+](=O)[O-])ccc2Br)c(F)c1. The van der Waals surface area contributed by atoms with E-state index in [9.17, 15) is 14.5 Å². The summed E-state index contributed by atoms with van der Waals surface area (Å²) in [7, 11) is 1.77. The summed E-state index contributed by atoms with van der Waals surface area (Å²) in [5.74, 6) is -0.332. The van der Waals surface area contributed by atoms with Crippen LogP contribution in [0.5, 0.6) is 11.5 Å². The number of halogens is 2. The van der Waals surface area contributed by atoms with Crippen molar-refractivity contribution in [2.75, 3.05) is 7.05 Å². The monoisotopic (exact) mass is 354 g/mol. The second-order valence-corrected chi connectivity index (χ2v) is 5.12. The van der Waals surface area contributed by atoms with Crippen LogP contribution < -0.4 is 10.1 Å². The quantitative estimate of drug-likeness (QED) is 0.650. The van der Waals surface area contributed by atoms with Crippen molar-refractivity contribution in [3.05, 3.63) is 62.4 Å². The van der Waals surface area contributed by atoms with Gasteiger partial charge in [0.25, 0.3) is 5.69 Å². The van der Waals surface area contributed by atoms with E-state index in [1.54, 1.807) is 13.1 Å². The lowest BCUT2D eigenvalue weighted by Gasteiger charge is -2.09. The van der Waals surface area contributed by atoms with Crippen LogP contribution in [0.4, 0.5) is 10.1 Å². The van der Waals surface area contributed by atoms with Crippen LogP contribution in [0.15, 0.2) is 40.9 Å². The normalized spacial score (nSPS) is 10.4. The standard InChI is InChI=1S/C14H12BrFN2O3/c1-17-8-9-2-5-13(12(16)6-9)21-14-7-10(18(19)20)3-4-11(14)15/h2-7,17H,8H2,1H3. The highest BCUT2D eigenvalue weighted by Crippen LogP contribution is 2.34. The summed E-state index contributed by atoms with van der Waals surface area (Å²) in [4.78, 5) is 10.2. The molecule has 0 unspecified atom stereocenters. The van der Waals surface area contributed by atoms with Crippen molar-refractivity contribution < 1.29 is 14.1 Å². The van der Waals surface area contributed by atoms with Crippen LogP contribution in [0, 0.1) is 15.9 Å². The molecule has 110 valence electrons. The molecule has 0 saturated carbocycles. The topological polar surface area (TPSA) is 64.4 Å². The molecule has 2 aromatic carbocycles. The first-order valence-corrected chi connectivity index (χ1v) is 6.85. The van der Waals surface area contributed by atoms with E-state index in [0.29, 0.717) is 11.0 Å². The average molecular weight is 355 g/mol. The molecule has 0 amide bonds. The summed E-state index contributed by atoms with van der Waals surface area (Å²) >= 11 is 3.22. The highest BCUT2D eigenvalue weighted by Gasteiger charge is 2.13. The Morgan fingerprint density at radius 1 is 1.29 bits per heavy atom. The Kier molecular flexibility index (Phi) is 4.87. The van der Waals surface area contributed by atoms with E-state index in [0.717, 1.165) is 5.56 Å². The number of rotatable bonds is 5. The van der Waals surface area contributed by atoms with Gasteiger partial charge in [0.2, 0.25) is 0 Å². The predicted octanol–water partition coefficient (Wildman–Crippen LogP) is 4.01. The molecular weight excluding hydrogens is 343 g/mol. The molecule has 0 spiro atoms. The van der Waals surface area contributed by atoms with Crippen molar-refractivity contribution >= 4 is 21.6 Å². The highest BCUT2D eigenvalue weighted by atomic mass is 79.9. The second kappa shape index (κ2) is 6.64. The minimum Gasteiger partial charge on any atom is -0.453 e. The number of nitro groups is 1. The van der Waals surface area contributed by atoms with Gasteiger partial charge >= 0.3 is 0 Å². The van der Waals surface area contributed by atoms with Crippen LogP contribution in [-0.2, 0) is 6.54 Å². The van der Waals surface area contributed by atoms with E-state index in [1.807, 2.05) is 0 Å². The Balaban J connectivity index is 2.29. The first-order valence-electron chi connectivity index (χ1n) is 6.06. The van der Waals surface area contributed by atoms with Gasteiger partial charge in [-0.25, -0.2) is 4.39 Å². The number of hydrogen-bond donors (Lipinski definition) is 1. The van der Waals surface area contributed by atoms with Gasteiger partial charge in [-0.3, -0.25) is 10.1 Å². The Labute approximate surface area is 129 Å². The number of ether oxygens (including phenoxy) is 1. The van der Waals surface area contributed by atoms with Gasteiger partial charge in [-0.15, -0.1) is 0 Å². The van der Waals surface area contributed by atoms with Crippen molar-refractivity contribution in [1.82, 2.24) is 5.32 Å². The summed E-state index contributed by atoms with van der Waals surface area (Å²) in [6, 6.07) is 8.64. The zero-order valence-corrected chi connectivity index (χ0v) is 12.7. The van der Waals surface area contributed by atoms with Crippen LogP contribution in [0.3, 0.4) is 0 Å². The molecule has 21 heavy (non-hydrogen) atoms. The van der Waals surface area contributed by atoms with Gasteiger partial charge in [0.15, 0.2) is 11.6 Å². The summed E-state index contributed by atoms with van der Waals surface area (Å²) < 4.78 is 19.9. The lowest BCUT2D eigenvalue weighted by molar-refractivity contribution is -0.384. The van der Waals surface area contributed by atoms with Gasteiger partial charge in [0, 0.05) is 12.6 Å². The molecule has 0 aliphatic rings. The van der Waals surface area contributed by atoms with Crippen LogP contribution >= 0.6 is 15.9 Å². The van der Waals surface area contributed by atoms with Gasteiger partial charge in [-0.05, 0) is 46.7 Å². The molecule has 0 radical (unpaired) electrons. The second-order valence-electron chi connectivity index (χ2n) is 4.27. The molecule has 0 aliphatic carbocycles. The van der Waals surface area contributed by atoms with E-state index in [4.69, 9.17) is 4.74 Å². The molecule has 0 fully saturated rings. The third-order valence-electron chi connectivity index (χ3n) is 2.72. The first kappa shape index (κ1) is 15.4. The van der Waals surface area contributed by atoms with Crippen LogP contribution in [-0.4, -0.2) is 12.0 Å². The van der Waals surface area contributed by atoms with E-state index >= 15 is 0 Å². The largest absolute Gasteiger partial charge is 0.453 e. The summed E-state index contributed by atoms with van der Waals surface area (Å²) in [6.07, 6.45) is 0. The summed E-state index contributed by atoms with van der Waals surface area (Å²) in [6.45, 7) is 0.539. The number of non-ortho nitro benzene ring substituents is 1. The molecule has 0 saturated heterocycles. The van der Waals surface area contributed by atoms with Crippen molar-refractivity contribution in [1.29, 1.82) is 0 Å². The van der Waals surface area contributed by atoms with E-state index in [2.05, 4.69) is 21.2 Å². The molecule has 0 atom stereocenters. The summed E-state index contributed by atoms with van der Waals surface area (Å²) in [5.41, 5.74) is 0.654. The fourth-order valence-corrected chi connectivity index (χ4v) is 2.07. The lowest BCUT2D eigenvalue weighted by Crippen LogP contribution is -2.05. The minimum absolute atomic E-state index is 0.0102. The fourth-order valence-electron chi connectivity index (χ4n) is 1.74. The van der Waals surface area contributed by atoms with Gasteiger partial charge in [-0.2, -0.15) is 0 Å². The third-order valence-corrected chi connectivity index (χ3v) is 3.38. The van der Waals surface area contributed by atoms with Crippen molar-refractivity contribution in [3.8, 4) is 11.5 Å². The molecule has 1 N–H and O–H groups in total. The summed E-state index contributed by atoms with van der Waals surface area (Å²) in [5, 5.41) is 13.7. The number of nitrogens with zero attached hydrogens (tertiary/aromatic N) is 1. The molecule has 7 heteroatoms. The minimum atomic E-state index is -0.536. The highest BCUT2D eigenvalue weighted by molar-refractivity contribution is 9.10. The molecule has 2 rings (SSSR count). The zero-order chi connectivity index (χ0) is 15.4. The van der Waals surface area contributed by atoms with Gasteiger partial charge in [-0.1, -0.05) is 6.07 Å². The number of hydrogen-bond acceptors (Lipinski definition) is 4. The molecule has 0 aliphatic heterocycles. The molecule has 0 heterocycles. The van der Waals surface area contributed by atoms with Crippen LogP contribution in [0.2, 0.25) is 0 Å². The number of nitro benzene ring substituents is 1. The maximum Gasteiger partial charge on any atom is 0.273 e. The van der Waals surface area contributed by atoms with E-state index < -0.39 is 10.7 Å². The third kappa shape index (κ3) is 3.77. The Hall–Kier alpha value is -1.99. The van der Waals surface area contributed by atoms with E-state index in [1.165, 1.54) is 30.3 Å². The fraction of sp³-hybridized carbons (Fsp3) is 0.143. The number of benzene rings is 2. The van der Waals surface area contributed by atoms with E-state index in [-0.39, 0.29) is 17.2 Å². The van der Waals surface area contributed by atoms with Gasteiger partial charge in [0.05, 0.1) is 15.5 Å². The van der Waals surface area contributed by atoms with Crippen molar-refractivity contribution in [3.63, 3.8) is 0 Å². The molecule has 0 aromatic heterocycles. The van der Waals surface area contributed by atoms with Crippen LogP contribution in [0.25, 0.3) is 0 Å². The Morgan fingerprint density at radius 3 is 2.67 bits per heavy atom. The van der Waals surface area contributed by atoms with Crippen LogP contribution in [0.1, 0.15) is 5.56 Å².